The minimum absolute atomic E-state index is 0.00310. The monoisotopic (exact) mass is 229 g/mol. The smallest absolute Gasteiger partial charge is 0.224 e. The summed E-state index contributed by atoms with van der Waals surface area (Å²) in [5, 5.41) is 14.2. The van der Waals surface area contributed by atoms with Gasteiger partial charge in [-0.05, 0) is 18.6 Å². The number of benzene rings is 2. The molecule has 0 unspecified atom stereocenters. The number of hydrogen-bond acceptors (Lipinski definition) is 2. The molecule has 0 bridgehead atoms. The maximum Gasteiger partial charge on any atom is 0.224 e. The van der Waals surface area contributed by atoms with Gasteiger partial charge in [0, 0.05) is 22.9 Å². The van der Waals surface area contributed by atoms with Crippen LogP contribution in [0.5, 0.6) is 5.75 Å². The molecule has 0 aliphatic rings. The summed E-state index contributed by atoms with van der Waals surface area (Å²) in [6, 6.07) is 10.8. The summed E-state index contributed by atoms with van der Waals surface area (Å²) < 4.78 is 0. The molecule has 0 heterocycles. The molecule has 2 rings (SSSR count). The molecule has 0 aliphatic carbocycles. The molecule has 0 saturated carbocycles. The Balaban J connectivity index is 2.41. The molecular weight excluding hydrogens is 214 g/mol. The second-order valence-corrected chi connectivity index (χ2v) is 3.98. The van der Waals surface area contributed by atoms with Gasteiger partial charge in [0.1, 0.15) is 5.75 Å². The van der Waals surface area contributed by atoms with Crippen molar-refractivity contribution in [1.82, 2.24) is 0 Å². The summed E-state index contributed by atoms with van der Waals surface area (Å²) in [5.74, 6) is 0.234. The normalized spacial score (nSPS) is 10.4. The fourth-order valence-corrected chi connectivity index (χ4v) is 1.84. The van der Waals surface area contributed by atoms with Gasteiger partial charge in [-0.15, -0.1) is 0 Å². The van der Waals surface area contributed by atoms with Crippen LogP contribution in [-0.2, 0) is 4.79 Å². The number of carbonyl (C=O) groups excluding carboxylic acids is 1. The van der Waals surface area contributed by atoms with Crippen molar-refractivity contribution in [2.45, 2.75) is 19.8 Å². The van der Waals surface area contributed by atoms with E-state index in [-0.39, 0.29) is 11.7 Å². The predicted octanol–water partition coefficient (Wildman–Crippen LogP) is 3.28. The first-order chi connectivity index (χ1) is 8.22. The fourth-order valence-electron chi connectivity index (χ4n) is 1.84. The Morgan fingerprint density at radius 1 is 1.18 bits per heavy atom. The lowest BCUT2D eigenvalue weighted by Crippen LogP contribution is -2.10. The van der Waals surface area contributed by atoms with E-state index in [9.17, 15) is 9.90 Å². The minimum atomic E-state index is 0.00310. The van der Waals surface area contributed by atoms with Crippen molar-refractivity contribution >= 4 is 22.4 Å². The Hall–Kier alpha value is -2.03. The third-order valence-corrected chi connectivity index (χ3v) is 2.65. The number of nitrogens with one attached hydrogen (secondary N) is 1. The van der Waals surface area contributed by atoms with E-state index < -0.39 is 0 Å². The van der Waals surface area contributed by atoms with Crippen LogP contribution in [0.4, 0.5) is 5.69 Å². The Bertz CT molecular complexity index is 549. The molecule has 0 atom stereocenters. The Morgan fingerprint density at radius 2 is 1.88 bits per heavy atom. The van der Waals surface area contributed by atoms with E-state index >= 15 is 0 Å². The highest BCUT2D eigenvalue weighted by Gasteiger charge is 2.06. The lowest BCUT2D eigenvalue weighted by atomic mass is 10.1. The fraction of sp³-hybridized carbons (Fsp3) is 0.214. The summed E-state index contributed by atoms with van der Waals surface area (Å²) in [7, 11) is 0. The van der Waals surface area contributed by atoms with E-state index in [1.54, 1.807) is 12.1 Å². The summed E-state index contributed by atoms with van der Waals surface area (Å²) >= 11 is 0. The Kier molecular flexibility index (Phi) is 3.28. The highest BCUT2D eigenvalue weighted by atomic mass is 16.3. The van der Waals surface area contributed by atoms with Crippen LogP contribution in [0, 0.1) is 0 Å². The van der Waals surface area contributed by atoms with Gasteiger partial charge in [-0.25, -0.2) is 0 Å². The molecule has 0 aliphatic heterocycles. The number of fused-ring (bicyclic) bond motifs is 1. The molecule has 0 radical (unpaired) electrons. The lowest BCUT2D eigenvalue weighted by molar-refractivity contribution is -0.116. The third-order valence-electron chi connectivity index (χ3n) is 2.65. The van der Waals surface area contributed by atoms with Crippen molar-refractivity contribution in [2.75, 3.05) is 5.32 Å². The molecular formula is C14H15NO2. The number of phenols is 1. The van der Waals surface area contributed by atoms with E-state index in [1.807, 2.05) is 31.2 Å². The highest BCUT2D eigenvalue weighted by Crippen LogP contribution is 2.29. The van der Waals surface area contributed by atoms with Crippen molar-refractivity contribution in [1.29, 1.82) is 0 Å². The first-order valence-electron chi connectivity index (χ1n) is 5.73. The Morgan fingerprint density at radius 3 is 2.65 bits per heavy atom. The molecule has 0 spiro atoms. The minimum Gasteiger partial charge on any atom is -0.507 e. The first kappa shape index (κ1) is 11.5. The number of rotatable bonds is 3. The van der Waals surface area contributed by atoms with Crippen molar-refractivity contribution < 1.29 is 9.90 Å². The number of aromatic hydroxyl groups is 1. The van der Waals surface area contributed by atoms with Crippen LogP contribution in [0.1, 0.15) is 19.8 Å². The van der Waals surface area contributed by atoms with Gasteiger partial charge in [-0.2, -0.15) is 0 Å². The third kappa shape index (κ3) is 2.38. The molecule has 1 amide bonds. The molecule has 0 fully saturated rings. The maximum atomic E-state index is 11.6. The van der Waals surface area contributed by atoms with Crippen molar-refractivity contribution in [3.8, 4) is 5.75 Å². The topological polar surface area (TPSA) is 49.3 Å². The van der Waals surface area contributed by atoms with Crippen molar-refractivity contribution in [2.24, 2.45) is 0 Å². The summed E-state index contributed by atoms with van der Waals surface area (Å²) in [5.41, 5.74) is 0.747. The summed E-state index contributed by atoms with van der Waals surface area (Å²) in [6.07, 6.45) is 1.33. The molecule has 2 aromatic carbocycles. The van der Waals surface area contributed by atoms with E-state index in [0.29, 0.717) is 6.42 Å². The number of phenolic OH excluding ortho intramolecular Hbond substituents is 1. The number of carbonyl (C=O) groups is 1. The number of hydrogen-bond donors (Lipinski definition) is 2. The SMILES string of the molecule is CCCC(=O)Nc1cccc2c(O)cccc12. The molecule has 2 aromatic rings. The van der Waals surface area contributed by atoms with E-state index in [2.05, 4.69) is 5.32 Å². The predicted molar refractivity (Wildman–Crippen MR) is 69.2 cm³/mol. The Labute approximate surface area is 100 Å². The zero-order valence-corrected chi connectivity index (χ0v) is 9.73. The molecule has 2 N–H and O–H groups in total. The van der Waals surface area contributed by atoms with Crippen molar-refractivity contribution in [3.63, 3.8) is 0 Å². The average Bonchev–Trinajstić information content (AvgIpc) is 2.31. The lowest BCUT2D eigenvalue weighted by Gasteiger charge is -2.09. The largest absolute Gasteiger partial charge is 0.507 e. The molecule has 3 heteroatoms. The van der Waals surface area contributed by atoms with E-state index in [1.165, 1.54) is 0 Å². The first-order valence-corrected chi connectivity index (χ1v) is 5.73. The second kappa shape index (κ2) is 4.87. The molecule has 88 valence electrons. The van der Waals surface area contributed by atoms with Gasteiger partial charge in [0.2, 0.25) is 5.91 Å². The summed E-state index contributed by atoms with van der Waals surface area (Å²) in [4.78, 5) is 11.6. The van der Waals surface area contributed by atoms with Crippen molar-refractivity contribution in [3.05, 3.63) is 36.4 Å². The van der Waals surface area contributed by atoms with E-state index in [0.717, 1.165) is 22.9 Å². The standard InChI is InChI=1S/C14H15NO2/c1-2-5-14(17)15-12-8-3-7-11-10(12)6-4-9-13(11)16/h3-4,6-9,16H,2,5H2,1H3,(H,15,17). The molecule has 3 nitrogen and oxygen atoms in total. The quantitative estimate of drug-likeness (QED) is 0.848. The van der Waals surface area contributed by atoms with Gasteiger partial charge < -0.3 is 10.4 Å². The number of amides is 1. The highest BCUT2D eigenvalue weighted by molar-refractivity contribution is 6.03. The average molecular weight is 229 g/mol. The van der Waals surface area contributed by atoms with E-state index in [4.69, 9.17) is 0 Å². The van der Waals surface area contributed by atoms with Gasteiger partial charge in [-0.3, -0.25) is 4.79 Å². The molecule has 0 aromatic heterocycles. The zero-order valence-electron chi connectivity index (χ0n) is 9.73. The van der Waals surface area contributed by atoms with Crippen LogP contribution < -0.4 is 5.32 Å². The second-order valence-electron chi connectivity index (χ2n) is 3.98. The van der Waals surface area contributed by atoms with Crippen LogP contribution in [0.2, 0.25) is 0 Å². The molecule has 17 heavy (non-hydrogen) atoms. The number of anilines is 1. The zero-order chi connectivity index (χ0) is 12.3. The maximum absolute atomic E-state index is 11.6. The van der Waals surface area contributed by atoms with Crippen LogP contribution in [-0.4, -0.2) is 11.0 Å². The van der Waals surface area contributed by atoms with Gasteiger partial charge in [0.15, 0.2) is 0 Å². The van der Waals surface area contributed by atoms with Gasteiger partial charge in [-0.1, -0.05) is 31.2 Å². The van der Waals surface area contributed by atoms with Gasteiger partial charge >= 0.3 is 0 Å². The summed E-state index contributed by atoms with van der Waals surface area (Å²) in [6.45, 7) is 1.97. The van der Waals surface area contributed by atoms with Crippen LogP contribution in [0.15, 0.2) is 36.4 Å². The van der Waals surface area contributed by atoms with Gasteiger partial charge in [0.25, 0.3) is 0 Å². The van der Waals surface area contributed by atoms with Crippen LogP contribution >= 0.6 is 0 Å². The van der Waals surface area contributed by atoms with Gasteiger partial charge in [0.05, 0.1) is 0 Å². The molecule has 0 saturated heterocycles. The van der Waals surface area contributed by atoms with Crippen LogP contribution in [0.3, 0.4) is 0 Å². The van der Waals surface area contributed by atoms with Crippen LogP contribution in [0.25, 0.3) is 10.8 Å².